The van der Waals surface area contributed by atoms with Gasteiger partial charge in [-0.1, -0.05) is 78.9 Å². The first-order valence-corrected chi connectivity index (χ1v) is 9.39. The molecule has 1 atom stereocenters. The monoisotopic (exact) mass is 377 g/mol. The maximum atomic E-state index is 10.4. The number of aliphatic hydroxyl groups is 1. The highest BCUT2D eigenvalue weighted by atomic mass is 16.5. The second kappa shape index (κ2) is 9.51. The zero-order chi connectivity index (χ0) is 19.8. The average molecular weight is 377 g/mol. The molecule has 0 fully saturated rings. The Morgan fingerprint density at radius 3 is 1.89 bits per heavy atom. The third-order valence-electron chi connectivity index (χ3n) is 4.89. The molecule has 28 heavy (non-hydrogen) atoms. The van der Waals surface area contributed by atoms with Gasteiger partial charge >= 0.3 is 0 Å². The summed E-state index contributed by atoms with van der Waals surface area (Å²) < 4.78 is 10.8. The van der Waals surface area contributed by atoms with Crippen molar-refractivity contribution in [2.75, 3.05) is 27.4 Å². The molecule has 0 aliphatic rings. The molecule has 0 saturated carbocycles. The van der Waals surface area contributed by atoms with Crippen LogP contribution in [0.15, 0.2) is 84.9 Å². The van der Waals surface area contributed by atoms with Crippen LogP contribution in [-0.2, 0) is 10.3 Å². The number of hydrogen-bond acceptors (Lipinski definition) is 4. The number of para-hydroxylation sites is 1. The van der Waals surface area contributed by atoms with Gasteiger partial charge in [0, 0.05) is 19.2 Å². The van der Waals surface area contributed by atoms with Gasteiger partial charge in [0.1, 0.15) is 5.75 Å². The highest BCUT2D eigenvalue weighted by molar-refractivity contribution is 5.54. The van der Waals surface area contributed by atoms with E-state index in [4.69, 9.17) is 9.47 Å². The fraction of sp³-hybridized carbons (Fsp3) is 0.250. The lowest BCUT2D eigenvalue weighted by Crippen LogP contribution is -2.48. The van der Waals surface area contributed by atoms with E-state index in [-0.39, 0.29) is 6.61 Å². The van der Waals surface area contributed by atoms with Crippen molar-refractivity contribution in [2.45, 2.75) is 11.6 Å². The molecule has 0 amide bonds. The largest absolute Gasteiger partial charge is 0.496 e. The van der Waals surface area contributed by atoms with Crippen molar-refractivity contribution in [3.05, 3.63) is 102 Å². The SMILES string of the molecule is COCC(O)CNC(c1ccccc1)(c1ccccc1)c1ccccc1OC. The quantitative estimate of drug-likeness (QED) is 0.560. The topological polar surface area (TPSA) is 50.7 Å². The molecule has 3 rings (SSSR count). The van der Waals surface area contributed by atoms with Crippen molar-refractivity contribution in [3.8, 4) is 5.75 Å². The van der Waals surface area contributed by atoms with E-state index in [0.717, 1.165) is 22.4 Å². The summed E-state index contributed by atoms with van der Waals surface area (Å²) in [6.45, 7) is 0.619. The average Bonchev–Trinajstić information content (AvgIpc) is 2.76. The lowest BCUT2D eigenvalue weighted by molar-refractivity contribution is 0.0612. The van der Waals surface area contributed by atoms with Crippen LogP contribution in [0.2, 0.25) is 0 Å². The molecule has 0 heterocycles. The van der Waals surface area contributed by atoms with Crippen LogP contribution >= 0.6 is 0 Å². The van der Waals surface area contributed by atoms with Gasteiger partial charge < -0.3 is 14.6 Å². The number of ether oxygens (including phenoxy) is 2. The molecule has 1 unspecified atom stereocenters. The summed E-state index contributed by atoms with van der Waals surface area (Å²) in [7, 11) is 3.27. The van der Waals surface area contributed by atoms with Crippen molar-refractivity contribution in [1.82, 2.24) is 5.32 Å². The van der Waals surface area contributed by atoms with E-state index in [0.29, 0.717) is 6.54 Å². The molecule has 4 nitrogen and oxygen atoms in total. The Hall–Kier alpha value is -2.66. The molecule has 0 spiro atoms. The molecule has 0 aliphatic heterocycles. The molecule has 2 N–H and O–H groups in total. The Morgan fingerprint density at radius 2 is 1.36 bits per heavy atom. The van der Waals surface area contributed by atoms with Gasteiger partial charge in [0.2, 0.25) is 0 Å². The summed E-state index contributed by atoms with van der Waals surface area (Å²) in [5, 5.41) is 14.0. The standard InChI is InChI=1S/C24H27NO3/c1-27-18-21(26)17-25-24(19-11-5-3-6-12-19,20-13-7-4-8-14-20)22-15-9-10-16-23(22)28-2/h3-16,21,25-26H,17-18H2,1-2H3. The first kappa shape index (κ1) is 20.1. The second-order valence-electron chi connectivity index (χ2n) is 6.67. The molecular formula is C24H27NO3. The van der Waals surface area contributed by atoms with Gasteiger partial charge in [0.15, 0.2) is 0 Å². The molecule has 146 valence electrons. The van der Waals surface area contributed by atoms with Crippen LogP contribution in [0.4, 0.5) is 0 Å². The van der Waals surface area contributed by atoms with Crippen LogP contribution in [0, 0.1) is 0 Å². The van der Waals surface area contributed by atoms with E-state index in [1.165, 1.54) is 0 Å². The number of rotatable bonds is 9. The van der Waals surface area contributed by atoms with Crippen molar-refractivity contribution < 1.29 is 14.6 Å². The van der Waals surface area contributed by atoms with Crippen LogP contribution in [-0.4, -0.2) is 38.6 Å². The van der Waals surface area contributed by atoms with Crippen LogP contribution in [0.3, 0.4) is 0 Å². The second-order valence-corrected chi connectivity index (χ2v) is 6.67. The molecule has 4 heteroatoms. The normalized spacial score (nSPS) is 12.5. The fourth-order valence-corrected chi connectivity index (χ4v) is 3.63. The maximum Gasteiger partial charge on any atom is 0.124 e. The molecule has 0 bridgehead atoms. The summed E-state index contributed by atoms with van der Waals surface area (Å²) in [5.74, 6) is 0.781. The number of methoxy groups -OCH3 is 2. The summed E-state index contributed by atoms with van der Waals surface area (Å²) in [5.41, 5.74) is 2.43. The Labute approximate surface area is 166 Å². The Morgan fingerprint density at radius 1 is 0.821 bits per heavy atom. The van der Waals surface area contributed by atoms with E-state index in [1.54, 1.807) is 14.2 Å². The predicted octanol–water partition coefficient (Wildman–Crippen LogP) is 3.58. The van der Waals surface area contributed by atoms with Gasteiger partial charge in [-0.05, 0) is 17.2 Å². The van der Waals surface area contributed by atoms with E-state index in [2.05, 4.69) is 35.6 Å². The third kappa shape index (κ3) is 4.09. The number of nitrogens with one attached hydrogen (secondary N) is 1. The van der Waals surface area contributed by atoms with Gasteiger partial charge in [0.25, 0.3) is 0 Å². The number of hydrogen-bond donors (Lipinski definition) is 2. The lowest BCUT2D eigenvalue weighted by Gasteiger charge is -2.38. The first-order chi connectivity index (χ1) is 13.7. The van der Waals surface area contributed by atoms with Crippen LogP contribution in [0.1, 0.15) is 16.7 Å². The minimum absolute atomic E-state index is 0.262. The van der Waals surface area contributed by atoms with E-state index in [9.17, 15) is 5.11 Å². The fourth-order valence-electron chi connectivity index (χ4n) is 3.63. The Balaban J connectivity index is 2.23. The zero-order valence-corrected chi connectivity index (χ0v) is 16.3. The van der Waals surface area contributed by atoms with Crippen molar-refractivity contribution in [3.63, 3.8) is 0 Å². The third-order valence-corrected chi connectivity index (χ3v) is 4.89. The molecule has 3 aromatic rings. The lowest BCUT2D eigenvalue weighted by atomic mass is 9.76. The van der Waals surface area contributed by atoms with Crippen LogP contribution in [0.25, 0.3) is 0 Å². The van der Waals surface area contributed by atoms with Gasteiger partial charge in [-0.2, -0.15) is 0 Å². The van der Waals surface area contributed by atoms with E-state index >= 15 is 0 Å². The summed E-state index contributed by atoms with van der Waals surface area (Å²) in [6, 6.07) is 28.5. The molecule has 0 aliphatic carbocycles. The molecule has 0 aromatic heterocycles. The van der Waals surface area contributed by atoms with Crippen LogP contribution < -0.4 is 10.1 Å². The minimum Gasteiger partial charge on any atom is -0.496 e. The number of benzene rings is 3. The number of aliphatic hydroxyl groups excluding tert-OH is 1. The smallest absolute Gasteiger partial charge is 0.124 e. The maximum absolute atomic E-state index is 10.4. The minimum atomic E-state index is -0.691. The van der Waals surface area contributed by atoms with Crippen molar-refractivity contribution >= 4 is 0 Å². The zero-order valence-electron chi connectivity index (χ0n) is 16.3. The molecule has 0 saturated heterocycles. The van der Waals surface area contributed by atoms with Gasteiger partial charge in [0.05, 0.1) is 25.4 Å². The van der Waals surface area contributed by atoms with Gasteiger partial charge in [-0.25, -0.2) is 0 Å². The van der Waals surface area contributed by atoms with E-state index in [1.807, 2.05) is 54.6 Å². The summed E-state index contributed by atoms with van der Waals surface area (Å²) in [4.78, 5) is 0. The highest BCUT2D eigenvalue weighted by Gasteiger charge is 2.38. The molecule has 3 aromatic carbocycles. The molecular weight excluding hydrogens is 350 g/mol. The van der Waals surface area contributed by atoms with Crippen molar-refractivity contribution in [2.24, 2.45) is 0 Å². The predicted molar refractivity (Wildman–Crippen MR) is 112 cm³/mol. The highest BCUT2D eigenvalue weighted by Crippen LogP contribution is 2.41. The van der Waals surface area contributed by atoms with Gasteiger partial charge in [-0.15, -0.1) is 0 Å². The summed E-state index contributed by atoms with van der Waals surface area (Å²) >= 11 is 0. The first-order valence-electron chi connectivity index (χ1n) is 9.39. The van der Waals surface area contributed by atoms with E-state index < -0.39 is 11.6 Å². The Bertz CT molecular complexity index is 812. The Kier molecular flexibility index (Phi) is 6.82. The van der Waals surface area contributed by atoms with Gasteiger partial charge in [-0.3, -0.25) is 5.32 Å². The summed E-state index contributed by atoms with van der Waals surface area (Å²) in [6.07, 6.45) is -0.633. The van der Waals surface area contributed by atoms with Crippen molar-refractivity contribution in [1.29, 1.82) is 0 Å². The molecule has 0 radical (unpaired) electrons. The van der Waals surface area contributed by atoms with Crippen LogP contribution in [0.5, 0.6) is 5.75 Å².